The van der Waals surface area contributed by atoms with Crippen LogP contribution >= 0.6 is 38.9 Å². The van der Waals surface area contributed by atoms with Crippen LogP contribution in [0, 0.1) is 0 Å². The molecule has 2 aromatic heterocycles. The monoisotopic (exact) mass is 316 g/mol. The molecule has 2 rings (SSSR count). The van der Waals surface area contributed by atoms with Gasteiger partial charge in [0.2, 0.25) is 0 Å². The molecular weight excluding hydrogens is 308 g/mol. The molecule has 84 valence electrons. The number of rotatable bonds is 4. The lowest BCUT2D eigenvalue weighted by Crippen LogP contribution is -2.12. The van der Waals surface area contributed by atoms with Crippen LogP contribution in [0.15, 0.2) is 34.2 Å². The summed E-state index contributed by atoms with van der Waals surface area (Å²) < 4.78 is 1.14. The van der Waals surface area contributed by atoms with Crippen molar-refractivity contribution in [3.8, 4) is 0 Å². The van der Waals surface area contributed by atoms with E-state index in [1.54, 1.807) is 17.5 Å². The highest BCUT2D eigenvalue weighted by atomic mass is 79.9. The fourth-order valence-electron chi connectivity index (χ4n) is 1.27. The van der Waals surface area contributed by atoms with Gasteiger partial charge in [-0.2, -0.15) is 0 Å². The van der Waals surface area contributed by atoms with E-state index >= 15 is 0 Å². The molecule has 0 fully saturated rings. The Kier molecular flexibility index (Phi) is 4.35. The summed E-state index contributed by atoms with van der Waals surface area (Å²) in [6.45, 7) is 1.62. The molecule has 0 atom stereocenters. The number of hydrogen-bond acceptors (Lipinski definition) is 3. The van der Waals surface area contributed by atoms with Crippen LogP contribution in [0.3, 0.4) is 0 Å². The Balaban J connectivity index is 1.82. The molecule has 0 saturated carbocycles. The fourth-order valence-corrected chi connectivity index (χ4v) is 2.80. The lowest BCUT2D eigenvalue weighted by molar-refractivity contribution is 0.686. The molecule has 0 aliphatic rings. The first-order chi connectivity index (χ1) is 7.74. The molecule has 2 nitrogen and oxygen atoms in total. The van der Waals surface area contributed by atoms with Gasteiger partial charge in [-0.15, -0.1) is 11.3 Å². The van der Waals surface area contributed by atoms with E-state index in [2.05, 4.69) is 37.7 Å². The molecule has 0 spiro atoms. The Hall–Kier alpha value is -0.420. The molecule has 2 aromatic rings. The van der Waals surface area contributed by atoms with Gasteiger partial charge in [-0.1, -0.05) is 11.6 Å². The summed E-state index contributed by atoms with van der Waals surface area (Å²) in [6, 6.07) is 5.90. The zero-order valence-corrected chi connectivity index (χ0v) is 11.6. The van der Waals surface area contributed by atoms with Gasteiger partial charge in [0.25, 0.3) is 0 Å². The summed E-state index contributed by atoms with van der Waals surface area (Å²) in [7, 11) is 0. The molecule has 0 saturated heterocycles. The number of nitrogens with one attached hydrogen (secondary N) is 1. The van der Waals surface area contributed by atoms with Crippen molar-refractivity contribution >= 4 is 38.9 Å². The van der Waals surface area contributed by atoms with Gasteiger partial charge < -0.3 is 5.32 Å². The maximum absolute atomic E-state index is 5.76. The molecule has 0 aromatic carbocycles. The smallest absolute Gasteiger partial charge is 0.0589 e. The van der Waals surface area contributed by atoms with Gasteiger partial charge in [-0.05, 0) is 34.1 Å². The second-order valence-corrected chi connectivity index (χ2v) is 5.65. The number of pyridine rings is 1. The van der Waals surface area contributed by atoms with Crippen molar-refractivity contribution < 1.29 is 0 Å². The second kappa shape index (κ2) is 5.77. The Labute approximate surface area is 112 Å². The molecule has 1 N–H and O–H groups in total. The van der Waals surface area contributed by atoms with Crippen molar-refractivity contribution in [2.75, 3.05) is 0 Å². The average molecular weight is 318 g/mol. The summed E-state index contributed by atoms with van der Waals surface area (Å²) in [4.78, 5) is 5.52. The predicted molar refractivity (Wildman–Crippen MR) is 71.8 cm³/mol. The summed E-state index contributed by atoms with van der Waals surface area (Å²) in [5.74, 6) is 0. The van der Waals surface area contributed by atoms with E-state index in [9.17, 15) is 0 Å². The lowest BCUT2D eigenvalue weighted by atomic mass is 10.3. The van der Waals surface area contributed by atoms with Crippen LogP contribution in [0.4, 0.5) is 0 Å². The van der Waals surface area contributed by atoms with Crippen LogP contribution < -0.4 is 5.32 Å². The zero-order valence-electron chi connectivity index (χ0n) is 8.41. The van der Waals surface area contributed by atoms with E-state index in [-0.39, 0.29) is 0 Å². The Morgan fingerprint density at radius 1 is 1.38 bits per heavy atom. The minimum absolute atomic E-state index is 0.672. The first-order valence-electron chi connectivity index (χ1n) is 4.78. The minimum atomic E-state index is 0.672. The van der Waals surface area contributed by atoms with Crippen molar-refractivity contribution in [1.29, 1.82) is 0 Å². The van der Waals surface area contributed by atoms with Gasteiger partial charge in [-0.3, -0.25) is 4.98 Å². The average Bonchev–Trinajstić information content (AvgIpc) is 2.67. The predicted octanol–water partition coefficient (Wildman–Crippen LogP) is 3.85. The summed E-state index contributed by atoms with van der Waals surface area (Å²) in [5, 5.41) is 6.09. The van der Waals surface area contributed by atoms with Crippen molar-refractivity contribution in [3.05, 3.63) is 49.8 Å². The number of thiophene rings is 1. The zero-order chi connectivity index (χ0) is 11.4. The van der Waals surface area contributed by atoms with Crippen molar-refractivity contribution in [3.63, 3.8) is 0 Å². The number of hydrogen-bond donors (Lipinski definition) is 1. The van der Waals surface area contributed by atoms with Crippen LogP contribution in [0.25, 0.3) is 0 Å². The quantitative estimate of drug-likeness (QED) is 0.926. The molecule has 5 heteroatoms. The molecule has 0 aliphatic heterocycles. The molecule has 2 heterocycles. The van der Waals surface area contributed by atoms with Gasteiger partial charge in [0, 0.05) is 34.0 Å². The first kappa shape index (κ1) is 12.0. The fraction of sp³-hybridized carbons (Fsp3) is 0.182. The number of nitrogens with zero attached hydrogens (tertiary/aromatic N) is 1. The Bertz CT molecular complexity index is 455. The SMILES string of the molecule is Clc1ccc(CNCc2cc(Br)cs2)nc1. The van der Waals surface area contributed by atoms with Crippen molar-refractivity contribution in [2.24, 2.45) is 0 Å². The van der Waals surface area contributed by atoms with E-state index in [1.807, 2.05) is 12.1 Å². The summed E-state index contributed by atoms with van der Waals surface area (Å²) in [6.07, 6.45) is 1.67. The summed E-state index contributed by atoms with van der Waals surface area (Å²) in [5.41, 5.74) is 1.00. The van der Waals surface area contributed by atoms with Crippen LogP contribution in [0.1, 0.15) is 10.6 Å². The molecule has 0 bridgehead atoms. The van der Waals surface area contributed by atoms with Gasteiger partial charge in [0.15, 0.2) is 0 Å². The molecule has 0 radical (unpaired) electrons. The van der Waals surface area contributed by atoms with Gasteiger partial charge in [0.05, 0.1) is 10.7 Å². The molecule has 16 heavy (non-hydrogen) atoms. The van der Waals surface area contributed by atoms with Crippen LogP contribution in [0.5, 0.6) is 0 Å². The van der Waals surface area contributed by atoms with Crippen LogP contribution in [-0.2, 0) is 13.1 Å². The highest BCUT2D eigenvalue weighted by Crippen LogP contribution is 2.19. The van der Waals surface area contributed by atoms with E-state index in [0.29, 0.717) is 5.02 Å². The Morgan fingerprint density at radius 2 is 2.25 bits per heavy atom. The van der Waals surface area contributed by atoms with Gasteiger partial charge in [0.1, 0.15) is 0 Å². The molecule has 0 amide bonds. The normalized spacial score (nSPS) is 10.6. The topological polar surface area (TPSA) is 24.9 Å². The lowest BCUT2D eigenvalue weighted by Gasteiger charge is -2.02. The molecule has 0 unspecified atom stereocenters. The van der Waals surface area contributed by atoms with E-state index in [1.165, 1.54) is 4.88 Å². The Morgan fingerprint density at radius 3 is 2.88 bits per heavy atom. The third-order valence-corrected chi connectivity index (χ3v) is 3.94. The maximum atomic E-state index is 5.76. The first-order valence-corrected chi connectivity index (χ1v) is 6.83. The third-order valence-electron chi connectivity index (χ3n) is 2.02. The van der Waals surface area contributed by atoms with E-state index < -0.39 is 0 Å². The third kappa shape index (κ3) is 3.56. The second-order valence-electron chi connectivity index (χ2n) is 3.30. The highest BCUT2D eigenvalue weighted by Gasteiger charge is 1.98. The number of halogens is 2. The number of aromatic nitrogens is 1. The highest BCUT2D eigenvalue weighted by molar-refractivity contribution is 9.10. The summed E-state index contributed by atoms with van der Waals surface area (Å²) >= 11 is 10.9. The van der Waals surface area contributed by atoms with E-state index in [4.69, 9.17) is 11.6 Å². The molecular formula is C11H10BrClN2S. The maximum Gasteiger partial charge on any atom is 0.0589 e. The van der Waals surface area contributed by atoms with Gasteiger partial charge in [-0.25, -0.2) is 0 Å². The standard InChI is InChI=1S/C11H10BrClN2S/c12-8-3-11(16-7-8)6-14-5-10-2-1-9(13)4-15-10/h1-4,7,14H,5-6H2. The van der Waals surface area contributed by atoms with Gasteiger partial charge >= 0.3 is 0 Å². The minimum Gasteiger partial charge on any atom is -0.306 e. The van der Waals surface area contributed by atoms with Crippen LogP contribution in [0.2, 0.25) is 5.02 Å². The van der Waals surface area contributed by atoms with Crippen LogP contribution in [-0.4, -0.2) is 4.98 Å². The molecule has 0 aliphatic carbocycles. The van der Waals surface area contributed by atoms with E-state index in [0.717, 1.165) is 23.3 Å². The van der Waals surface area contributed by atoms with Crippen molar-refractivity contribution in [1.82, 2.24) is 10.3 Å². The largest absolute Gasteiger partial charge is 0.306 e. The van der Waals surface area contributed by atoms with Crippen molar-refractivity contribution in [2.45, 2.75) is 13.1 Å².